The quantitative estimate of drug-likeness (QED) is 0.417. The van der Waals surface area contributed by atoms with Gasteiger partial charge in [-0.3, -0.25) is 0 Å². The van der Waals surface area contributed by atoms with Crippen molar-refractivity contribution in [3.63, 3.8) is 0 Å². The first-order valence-corrected chi connectivity index (χ1v) is 6.15. The predicted octanol–water partition coefficient (Wildman–Crippen LogP) is 5.80. The molecule has 0 aliphatic heterocycles. The predicted molar refractivity (Wildman–Crippen MR) is 54.7 cm³/mol. The van der Waals surface area contributed by atoms with Gasteiger partial charge in [-0.2, -0.15) is 39.5 Å². The Balaban J connectivity index is 4.87. The first-order chi connectivity index (χ1) is 9.17. The van der Waals surface area contributed by atoms with Crippen LogP contribution in [0.1, 0.15) is 25.7 Å². The summed E-state index contributed by atoms with van der Waals surface area (Å²) in [6.07, 6.45) is -22.4. The molecule has 21 heavy (non-hydrogen) atoms. The Morgan fingerprint density at radius 2 is 1.14 bits per heavy atom. The number of hydrogen-bond donors (Lipinski definition) is 0. The van der Waals surface area contributed by atoms with E-state index in [-0.39, 0.29) is 0 Å². The SMILES string of the molecule is FC(F)(F)C(CCCl)CCCC(F)(C(F)(F)F)C(F)(F)F. The van der Waals surface area contributed by atoms with Crippen LogP contribution in [-0.2, 0) is 0 Å². The molecule has 0 nitrogen and oxygen atoms in total. The van der Waals surface area contributed by atoms with E-state index in [1.54, 1.807) is 0 Å². The van der Waals surface area contributed by atoms with Crippen LogP contribution in [0.3, 0.4) is 0 Å². The topological polar surface area (TPSA) is 0 Å². The van der Waals surface area contributed by atoms with Crippen LogP contribution in [0.25, 0.3) is 0 Å². The molecule has 0 rings (SSSR count). The van der Waals surface area contributed by atoms with Gasteiger partial charge >= 0.3 is 18.5 Å². The second-order valence-corrected chi connectivity index (χ2v) is 4.78. The van der Waals surface area contributed by atoms with E-state index in [4.69, 9.17) is 11.6 Å². The molecule has 0 aliphatic carbocycles. The van der Waals surface area contributed by atoms with Crippen LogP contribution in [0.4, 0.5) is 43.9 Å². The zero-order valence-corrected chi connectivity index (χ0v) is 11.0. The van der Waals surface area contributed by atoms with Gasteiger partial charge in [0.2, 0.25) is 0 Å². The second-order valence-electron chi connectivity index (χ2n) is 4.41. The Morgan fingerprint density at radius 1 is 0.714 bits per heavy atom. The molecule has 0 aromatic rings. The normalized spacial score (nSPS) is 16.1. The fourth-order valence-corrected chi connectivity index (χ4v) is 1.90. The molecule has 0 N–H and O–H groups in total. The molecular formula is C10H11ClF10. The third kappa shape index (κ3) is 5.37. The summed E-state index contributed by atoms with van der Waals surface area (Å²) in [5.74, 6) is -2.63. The van der Waals surface area contributed by atoms with Gasteiger partial charge in [0.15, 0.2) is 0 Å². The summed E-state index contributed by atoms with van der Waals surface area (Å²) >= 11 is 5.08. The summed E-state index contributed by atoms with van der Waals surface area (Å²) in [5, 5.41) is 0. The third-order valence-corrected chi connectivity index (χ3v) is 3.11. The van der Waals surface area contributed by atoms with Crippen molar-refractivity contribution in [2.45, 2.75) is 49.9 Å². The van der Waals surface area contributed by atoms with E-state index in [1.165, 1.54) is 0 Å². The summed E-state index contributed by atoms with van der Waals surface area (Å²) in [7, 11) is 0. The molecule has 0 bridgehead atoms. The van der Waals surface area contributed by atoms with Crippen LogP contribution in [-0.4, -0.2) is 30.1 Å². The Bertz CT molecular complexity index is 301. The van der Waals surface area contributed by atoms with Crippen LogP contribution < -0.4 is 0 Å². The fourth-order valence-electron chi connectivity index (χ4n) is 1.64. The minimum atomic E-state index is -6.24. The van der Waals surface area contributed by atoms with Gasteiger partial charge in [0.25, 0.3) is 5.67 Å². The summed E-state index contributed by atoms with van der Waals surface area (Å²) in [6.45, 7) is 0. The molecule has 128 valence electrons. The van der Waals surface area contributed by atoms with E-state index in [9.17, 15) is 43.9 Å². The van der Waals surface area contributed by atoms with Crippen molar-refractivity contribution in [3.05, 3.63) is 0 Å². The highest BCUT2D eigenvalue weighted by Crippen LogP contribution is 2.49. The smallest absolute Gasteiger partial charge is 0.224 e. The van der Waals surface area contributed by atoms with Gasteiger partial charge in [-0.25, -0.2) is 4.39 Å². The standard InChI is InChI=1S/C10H11ClF10/c11-5-3-6(8(13,14)15)2-1-4-7(12,9(16,17)18)10(19,20)21/h6H,1-5H2. The highest BCUT2D eigenvalue weighted by molar-refractivity contribution is 6.17. The van der Waals surface area contributed by atoms with Gasteiger partial charge in [-0.1, -0.05) is 0 Å². The Hall–Kier alpha value is -0.410. The molecule has 0 spiro atoms. The molecule has 0 radical (unpaired) electrons. The maximum absolute atomic E-state index is 13.2. The van der Waals surface area contributed by atoms with Crippen molar-refractivity contribution in [2.24, 2.45) is 5.92 Å². The maximum atomic E-state index is 13.2. The highest BCUT2D eigenvalue weighted by Gasteiger charge is 2.71. The number of hydrogen-bond acceptors (Lipinski definition) is 0. The lowest BCUT2D eigenvalue weighted by Crippen LogP contribution is -2.53. The molecule has 1 atom stereocenters. The van der Waals surface area contributed by atoms with Crippen molar-refractivity contribution in [1.29, 1.82) is 0 Å². The van der Waals surface area contributed by atoms with Crippen LogP contribution in [0, 0.1) is 5.92 Å². The van der Waals surface area contributed by atoms with Crippen molar-refractivity contribution in [1.82, 2.24) is 0 Å². The van der Waals surface area contributed by atoms with Gasteiger partial charge in [-0.15, -0.1) is 11.6 Å². The maximum Gasteiger partial charge on any atom is 0.431 e. The fraction of sp³-hybridized carbons (Fsp3) is 1.00. The molecule has 1 unspecified atom stereocenters. The lowest BCUT2D eigenvalue weighted by Gasteiger charge is -2.30. The minimum Gasteiger partial charge on any atom is -0.224 e. The Labute approximate surface area is 118 Å². The molecule has 0 fully saturated rings. The molecule has 0 saturated carbocycles. The van der Waals surface area contributed by atoms with E-state index < -0.39 is 61.7 Å². The van der Waals surface area contributed by atoms with Gasteiger partial charge in [-0.05, 0) is 25.7 Å². The average molecular weight is 357 g/mol. The number of halogens is 11. The molecular weight excluding hydrogens is 346 g/mol. The highest BCUT2D eigenvalue weighted by atomic mass is 35.5. The van der Waals surface area contributed by atoms with E-state index in [1.807, 2.05) is 0 Å². The van der Waals surface area contributed by atoms with E-state index in [0.29, 0.717) is 0 Å². The minimum absolute atomic E-state index is 0.469. The molecule has 0 aliphatic rings. The molecule has 0 aromatic heterocycles. The van der Waals surface area contributed by atoms with E-state index in [0.717, 1.165) is 0 Å². The molecule has 11 heteroatoms. The lowest BCUT2D eigenvalue weighted by molar-refractivity contribution is -0.343. The first-order valence-electron chi connectivity index (χ1n) is 5.62. The zero-order valence-electron chi connectivity index (χ0n) is 10.3. The van der Waals surface area contributed by atoms with Crippen molar-refractivity contribution < 1.29 is 43.9 Å². The van der Waals surface area contributed by atoms with Crippen molar-refractivity contribution in [2.75, 3.05) is 5.88 Å². The summed E-state index contributed by atoms with van der Waals surface area (Å²) in [4.78, 5) is 0. The number of alkyl halides is 11. The van der Waals surface area contributed by atoms with Crippen molar-refractivity contribution in [3.8, 4) is 0 Å². The Kier molecular flexibility index (Phi) is 6.65. The summed E-state index contributed by atoms with van der Waals surface area (Å²) < 4.78 is 123. The van der Waals surface area contributed by atoms with Gasteiger partial charge in [0.05, 0.1) is 5.92 Å². The van der Waals surface area contributed by atoms with Crippen molar-refractivity contribution >= 4 is 11.6 Å². The van der Waals surface area contributed by atoms with Crippen LogP contribution in [0.15, 0.2) is 0 Å². The second kappa shape index (κ2) is 6.78. The zero-order chi connectivity index (χ0) is 17.1. The van der Waals surface area contributed by atoms with Gasteiger partial charge in [0, 0.05) is 5.88 Å². The van der Waals surface area contributed by atoms with E-state index in [2.05, 4.69) is 0 Å². The summed E-state index contributed by atoms with van der Waals surface area (Å²) in [5.41, 5.74) is -5.52. The largest absolute Gasteiger partial charge is 0.431 e. The number of rotatable bonds is 6. The Morgan fingerprint density at radius 3 is 1.43 bits per heavy atom. The van der Waals surface area contributed by atoms with Gasteiger partial charge < -0.3 is 0 Å². The van der Waals surface area contributed by atoms with Crippen LogP contribution >= 0.6 is 11.6 Å². The monoisotopic (exact) mass is 356 g/mol. The average Bonchev–Trinajstić information content (AvgIpc) is 2.23. The molecule has 0 heterocycles. The van der Waals surface area contributed by atoms with E-state index >= 15 is 0 Å². The van der Waals surface area contributed by atoms with Crippen LogP contribution in [0.5, 0.6) is 0 Å². The molecule has 0 aromatic carbocycles. The van der Waals surface area contributed by atoms with Gasteiger partial charge in [0.1, 0.15) is 0 Å². The molecule has 0 saturated heterocycles. The lowest BCUT2D eigenvalue weighted by atomic mass is 9.92. The first kappa shape index (κ1) is 20.6. The third-order valence-electron chi connectivity index (χ3n) is 2.89. The summed E-state index contributed by atoms with van der Waals surface area (Å²) in [6, 6.07) is 0. The molecule has 0 amide bonds. The van der Waals surface area contributed by atoms with Crippen LogP contribution in [0.2, 0.25) is 0 Å².